The predicted molar refractivity (Wildman–Crippen MR) is 345 cm³/mol. The van der Waals surface area contributed by atoms with E-state index >= 15 is 4.39 Å². The number of rotatable bonds is 15. The lowest BCUT2D eigenvalue weighted by Gasteiger charge is -2.42. The van der Waals surface area contributed by atoms with Crippen LogP contribution in [0.25, 0.3) is 21.5 Å². The first kappa shape index (κ1) is 61.9. The summed E-state index contributed by atoms with van der Waals surface area (Å²) >= 11 is 20.6. The van der Waals surface area contributed by atoms with Gasteiger partial charge in [0.1, 0.15) is 29.8 Å². The second kappa shape index (κ2) is 25.3. The van der Waals surface area contributed by atoms with Crippen molar-refractivity contribution < 1.29 is 32.2 Å². The van der Waals surface area contributed by atoms with Crippen LogP contribution in [0.3, 0.4) is 0 Å². The van der Waals surface area contributed by atoms with Crippen molar-refractivity contribution in [3.8, 4) is 24.2 Å². The van der Waals surface area contributed by atoms with Crippen LogP contribution in [0.1, 0.15) is 78.9 Å². The molecule has 4 atom stereocenters. The van der Waals surface area contributed by atoms with E-state index in [0.717, 1.165) is 88.7 Å². The Labute approximate surface area is 541 Å². The number of aromatic nitrogens is 4. The summed E-state index contributed by atoms with van der Waals surface area (Å²) in [4.78, 5) is 62.1. The molecule has 6 aromatic rings. The molecule has 5 saturated heterocycles. The Kier molecular flexibility index (Phi) is 17.2. The number of hydrogen-bond acceptors (Lipinski definition) is 16. The number of carbonyl (C=O) groups is 2. The molecule has 7 aliphatic rings. The quantitative estimate of drug-likeness (QED) is 0.0700. The molecule has 1 unspecified atom stereocenters. The molecule has 0 radical (unpaired) electrons. The van der Waals surface area contributed by atoms with E-state index in [1.165, 1.54) is 15.9 Å². The number of carbonyl (C=O) groups excluding carboxylic acids is 2. The second-order valence-corrected chi connectivity index (χ2v) is 26.1. The van der Waals surface area contributed by atoms with Gasteiger partial charge in [0.05, 0.1) is 88.2 Å². The minimum absolute atomic E-state index is 0.00172. The lowest BCUT2D eigenvalue weighted by Crippen LogP contribution is -2.55. The average Bonchev–Trinajstić information content (AvgIpc) is 1.43. The molecule has 4 aromatic carbocycles. The molecule has 0 spiro atoms. The lowest BCUT2D eigenvalue weighted by molar-refractivity contribution is -0.132. The third-order valence-electron chi connectivity index (χ3n) is 19.8. The normalized spacial score (nSPS) is 21.5. The van der Waals surface area contributed by atoms with Crippen LogP contribution in [-0.4, -0.2) is 161 Å². The first-order valence-corrected chi connectivity index (χ1v) is 32.1. The number of nitrogens with zero attached hydrogens (tertiary/aromatic N) is 14. The minimum atomic E-state index is -1.09. The van der Waals surface area contributed by atoms with Gasteiger partial charge in [0, 0.05) is 92.2 Å². The zero-order chi connectivity index (χ0) is 63.6. The number of ether oxygens (including phenoxy) is 2. The molecule has 9 heterocycles. The Balaban J connectivity index is 0.786. The number of likely N-dealkylation sites (N-methyl/N-ethyl adjacent to an activating group) is 1. The summed E-state index contributed by atoms with van der Waals surface area (Å²) in [6.07, 6.45) is 5.71. The van der Waals surface area contributed by atoms with Crippen molar-refractivity contribution in [1.82, 2.24) is 39.5 Å². The van der Waals surface area contributed by atoms with E-state index < -0.39 is 41.4 Å². The smallest absolute Gasteiger partial charge is 0.323 e. The van der Waals surface area contributed by atoms with E-state index in [-0.39, 0.29) is 80.1 Å². The van der Waals surface area contributed by atoms with Gasteiger partial charge >= 0.3 is 12.0 Å². The van der Waals surface area contributed by atoms with Crippen molar-refractivity contribution >= 4 is 91.2 Å². The first-order valence-electron chi connectivity index (χ1n) is 31.0. The van der Waals surface area contributed by atoms with E-state index in [0.29, 0.717) is 104 Å². The molecule has 0 bridgehead atoms. The number of hydrogen-bond donors (Lipinski definition) is 0. The third-order valence-corrected chi connectivity index (χ3v) is 20.9. The molecule has 2 amide bonds. The number of benzene rings is 4. The summed E-state index contributed by atoms with van der Waals surface area (Å²) in [7, 11) is 1.97. The van der Waals surface area contributed by atoms with Gasteiger partial charge in [-0.05, 0) is 112 Å². The summed E-state index contributed by atoms with van der Waals surface area (Å²) < 4.78 is 58.7. The highest BCUT2D eigenvalue weighted by Crippen LogP contribution is 2.46. The van der Waals surface area contributed by atoms with Gasteiger partial charge in [0.2, 0.25) is 0 Å². The van der Waals surface area contributed by atoms with Gasteiger partial charge in [-0.1, -0.05) is 84.9 Å². The standard InChI is InChI=1S/C67H68Cl3F3N14O4/c1-39(71)63(88)86-29-27-83(34-44(86)15-21-74)61-47-18-26-82(36-52(47)76-65(78-61)90-38-67-19-7-23-85(67)24-8-20-67)55-12-6-10-46-49(32-51(73)60(70)58(46)55)43-31-56(80(4)33-43)41(3)91-66-77-53-37-81(54-11-5-9-42-13-14-50(68)59(69)57(42)54)25-17-48(53)62(79-66)84-28-30-87(64(89)40(2)72)45(35-84)16-22-75/h5-6,9-14,32,43-45,56H,1-3,7-8,15-20,23-31,33-38H2,4H3/t43?,44-,45-,56-/m0/s1. The van der Waals surface area contributed by atoms with Gasteiger partial charge in [-0.3, -0.25) is 19.4 Å². The number of piperazine rings is 2. The van der Waals surface area contributed by atoms with Gasteiger partial charge in [0.15, 0.2) is 11.7 Å². The molecule has 0 saturated carbocycles. The fourth-order valence-corrected chi connectivity index (χ4v) is 16.0. The molecule has 24 heteroatoms. The van der Waals surface area contributed by atoms with Gasteiger partial charge in [-0.25, -0.2) is 13.2 Å². The van der Waals surface area contributed by atoms with Crippen molar-refractivity contribution in [3.05, 3.63) is 141 Å². The number of anilines is 4. The van der Waals surface area contributed by atoms with Gasteiger partial charge in [-0.2, -0.15) is 30.5 Å². The number of amides is 2. The summed E-state index contributed by atoms with van der Waals surface area (Å²) in [5, 5.41) is 23.7. The number of likely N-dealkylation sites (tertiary alicyclic amines) is 1. The van der Waals surface area contributed by atoms with Gasteiger partial charge < -0.3 is 38.9 Å². The third kappa shape index (κ3) is 11.6. The Morgan fingerprint density at radius 3 is 1.86 bits per heavy atom. The number of nitriles is 2. The summed E-state index contributed by atoms with van der Waals surface area (Å²) in [5.74, 6) is -3.00. The van der Waals surface area contributed by atoms with Crippen molar-refractivity contribution in [1.29, 1.82) is 10.5 Å². The van der Waals surface area contributed by atoms with Crippen molar-refractivity contribution in [2.45, 2.75) is 100 Å². The summed E-state index contributed by atoms with van der Waals surface area (Å²) in [6, 6.07) is 20.1. The van der Waals surface area contributed by atoms with Crippen LogP contribution in [0.2, 0.25) is 15.1 Å². The Hall–Kier alpha value is -7.92. The molecule has 18 nitrogen and oxygen atoms in total. The second-order valence-electron chi connectivity index (χ2n) is 24.9. The molecule has 472 valence electrons. The maximum atomic E-state index is 16.7. The fraction of sp³-hybridized carbons (Fsp3) is 0.433. The zero-order valence-corrected chi connectivity index (χ0v) is 52.8. The van der Waals surface area contributed by atoms with E-state index in [2.05, 4.69) is 56.4 Å². The Morgan fingerprint density at radius 1 is 0.692 bits per heavy atom. The SMILES string of the molecule is C=C(F)C(=O)N1CCN(c2nc(OCC34CCCN3CCC4)nc3c2CCN(c2cccc4c(C5C[C@@H](C(=C)Oc6nc7c(c(N8CCN(C(=O)C(=C)F)[C@@H](CC#N)C8)n6)CCN(c6cccc8ccc(Cl)c(Cl)c68)C7)N(C)C5)cc(F)c(Cl)c24)C3)C[C@@H]1CC#N. The Bertz CT molecular complexity index is 4060. The van der Waals surface area contributed by atoms with Crippen molar-refractivity contribution in [2.75, 3.05) is 105 Å². The van der Waals surface area contributed by atoms with Crippen LogP contribution in [0.4, 0.5) is 36.2 Å². The molecule has 5 fully saturated rings. The molecule has 13 rings (SSSR count). The van der Waals surface area contributed by atoms with Crippen LogP contribution in [0, 0.1) is 28.5 Å². The highest BCUT2D eigenvalue weighted by Gasteiger charge is 2.46. The van der Waals surface area contributed by atoms with Crippen LogP contribution in [0.15, 0.2) is 91.7 Å². The largest absolute Gasteiger partial charge is 0.461 e. The average molecular weight is 1300 g/mol. The van der Waals surface area contributed by atoms with E-state index in [1.807, 2.05) is 54.4 Å². The maximum absolute atomic E-state index is 16.7. The summed E-state index contributed by atoms with van der Waals surface area (Å²) in [5.41, 5.74) is 5.49. The van der Waals surface area contributed by atoms with E-state index in [4.69, 9.17) is 64.2 Å². The maximum Gasteiger partial charge on any atom is 0.323 e. The minimum Gasteiger partial charge on any atom is -0.461 e. The lowest BCUT2D eigenvalue weighted by atomic mass is 9.90. The molecule has 0 N–H and O–H groups in total. The molecule has 2 aromatic heterocycles. The summed E-state index contributed by atoms with van der Waals surface area (Å²) in [6.45, 7) is 17.0. The highest BCUT2D eigenvalue weighted by atomic mass is 35.5. The first-order chi connectivity index (χ1) is 43.9. The fourth-order valence-electron chi connectivity index (χ4n) is 15.3. The van der Waals surface area contributed by atoms with E-state index in [1.54, 1.807) is 6.07 Å². The Morgan fingerprint density at radius 2 is 1.26 bits per heavy atom. The highest BCUT2D eigenvalue weighted by molar-refractivity contribution is 6.46. The van der Waals surface area contributed by atoms with Crippen LogP contribution < -0.4 is 29.1 Å². The molecular weight excluding hydrogens is 1230 g/mol. The monoisotopic (exact) mass is 1290 g/mol. The van der Waals surface area contributed by atoms with Crippen molar-refractivity contribution in [2.24, 2.45) is 0 Å². The van der Waals surface area contributed by atoms with Crippen molar-refractivity contribution in [3.63, 3.8) is 0 Å². The van der Waals surface area contributed by atoms with Crippen LogP contribution in [0.5, 0.6) is 12.0 Å². The molecule has 7 aliphatic heterocycles. The van der Waals surface area contributed by atoms with Gasteiger partial charge in [-0.15, -0.1) is 0 Å². The molecule has 0 aliphatic carbocycles. The number of halogens is 6. The molecule has 91 heavy (non-hydrogen) atoms. The predicted octanol–water partition coefficient (Wildman–Crippen LogP) is 11.0. The topological polar surface area (TPSA) is 178 Å². The van der Waals surface area contributed by atoms with Crippen LogP contribution in [-0.2, 0) is 35.5 Å². The molecular formula is C67H68Cl3F3N14O4. The van der Waals surface area contributed by atoms with Gasteiger partial charge in [0.25, 0.3) is 11.8 Å². The zero-order valence-electron chi connectivity index (χ0n) is 50.6. The van der Waals surface area contributed by atoms with Crippen LogP contribution >= 0.6 is 34.8 Å². The number of fused-ring (bicyclic) bond motifs is 5. The van der Waals surface area contributed by atoms with E-state index in [9.17, 15) is 28.9 Å².